The van der Waals surface area contributed by atoms with Crippen molar-refractivity contribution in [3.8, 4) is 0 Å². The van der Waals surface area contributed by atoms with Gasteiger partial charge < -0.3 is 9.47 Å². The average Bonchev–Trinajstić information content (AvgIpc) is 3.02. The molecule has 5 nitrogen and oxygen atoms in total. The second-order valence-corrected chi connectivity index (χ2v) is 10.0. The molecule has 1 aromatic rings. The van der Waals surface area contributed by atoms with E-state index in [1.807, 2.05) is 18.2 Å². The number of ether oxygens (including phenoxy) is 2. The van der Waals surface area contributed by atoms with Gasteiger partial charge in [0, 0.05) is 12.1 Å². The zero-order valence-electron chi connectivity index (χ0n) is 20.3. The fourth-order valence-corrected chi connectivity index (χ4v) is 5.30. The summed E-state index contributed by atoms with van der Waals surface area (Å²) < 4.78 is 11.6. The standard InChI is InChI=1S/C29H30N2O3S/c1-20-5-3-7-24(14-11-20)31-28(32)27(35-29(31)30-19-22-12-9-21(2)10-13-22)18-23-6-4-8-25-26(17-23)34-16-15-33-25/h5,7,9-14,17-18H,3-4,6,8,15-16,19H2,1-2H3/b27-18-,30-29-. The summed E-state index contributed by atoms with van der Waals surface area (Å²) in [5.41, 5.74) is 5.48. The van der Waals surface area contributed by atoms with Gasteiger partial charge in [-0.3, -0.25) is 14.7 Å². The van der Waals surface area contributed by atoms with Crippen LogP contribution in [0.5, 0.6) is 0 Å². The highest BCUT2D eigenvalue weighted by atomic mass is 32.2. The smallest absolute Gasteiger partial charge is 0.271 e. The number of hydrogen-bond acceptors (Lipinski definition) is 5. The first-order valence-electron chi connectivity index (χ1n) is 12.1. The first-order chi connectivity index (χ1) is 17.1. The Labute approximate surface area is 211 Å². The average molecular weight is 487 g/mol. The Kier molecular flexibility index (Phi) is 7.09. The molecule has 0 radical (unpaired) electrons. The van der Waals surface area contributed by atoms with E-state index in [4.69, 9.17) is 14.5 Å². The Morgan fingerprint density at radius 1 is 1.06 bits per heavy atom. The fourth-order valence-electron chi connectivity index (χ4n) is 4.30. The Morgan fingerprint density at radius 2 is 1.89 bits per heavy atom. The summed E-state index contributed by atoms with van der Waals surface area (Å²) in [5.74, 6) is 1.69. The number of amides is 1. The quantitative estimate of drug-likeness (QED) is 0.458. The van der Waals surface area contributed by atoms with Crippen molar-refractivity contribution in [3.05, 3.63) is 105 Å². The molecule has 0 saturated carbocycles. The molecular formula is C29H30N2O3S. The van der Waals surface area contributed by atoms with Crippen molar-refractivity contribution in [1.82, 2.24) is 4.90 Å². The Bertz CT molecular complexity index is 1230. The van der Waals surface area contributed by atoms with Gasteiger partial charge in [0.05, 0.1) is 11.4 Å². The zero-order chi connectivity index (χ0) is 24.2. The number of carbonyl (C=O) groups is 1. The van der Waals surface area contributed by atoms with Crippen LogP contribution in [0.15, 0.2) is 99.0 Å². The van der Waals surface area contributed by atoms with E-state index in [2.05, 4.69) is 56.3 Å². The number of aliphatic imine (C=N–C) groups is 1. The topological polar surface area (TPSA) is 51.1 Å². The molecule has 2 heterocycles. The minimum Gasteiger partial charge on any atom is -0.491 e. The van der Waals surface area contributed by atoms with Crippen molar-refractivity contribution in [2.45, 2.75) is 46.1 Å². The third-order valence-electron chi connectivity index (χ3n) is 6.26. The van der Waals surface area contributed by atoms with E-state index in [1.165, 1.54) is 22.9 Å². The highest BCUT2D eigenvalue weighted by Crippen LogP contribution is 2.37. The number of benzene rings is 1. The highest BCUT2D eigenvalue weighted by Gasteiger charge is 2.35. The van der Waals surface area contributed by atoms with E-state index in [-0.39, 0.29) is 5.91 Å². The minimum absolute atomic E-state index is 0.0340. The predicted molar refractivity (Wildman–Crippen MR) is 141 cm³/mol. The predicted octanol–water partition coefficient (Wildman–Crippen LogP) is 6.47. The van der Waals surface area contributed by atoms with Gasteiger partial charge in [0.2, 0.25) is 0 Å². The second kappa shape index (κ2) is 10.6. The largest absolute Gasteiger partial charge is 0.491 e. The number of allylic oxidation sites excluding steroid dienone is 9. The molecule has 1 saturated heterocycles. The third kappa shape index (κ3) is 5.54. The summed E-state index contributed by atoms with van der Waals surface area (Å²) in [5, 5.41) is 0.712. The van der Waals surface area contributed by atoms with Crippen molar-refractivity contribution in [2.24, 2.45) is 4.99 Å². The van der Waals surface area contributed by atoms with E-state index in [0.717, 1.165) is 54.0 Å². The summed E-state index contributed by atoms with van der Waals surface area (Å²) in [7, 11) is 0. The Balaban J connectivity index is 1.46. The van der Waals surface area contributed by atoms with Crippen LogP contribution in [0.2, 0.25) is 0 Å². The summed E-state index contributed by atoms with van der Waals surface area (Å²) in [6.45, 7) is 5.84. The SMILES string of the molecule is CC1=CCC=C(N2C(=O)/C(=C/C3=CC4=C(CCC3)OCCO4)S/C2=N\Cc2ccc(C)cc2)C=C1. The molecule has 0 atom stereocenters. The Morgan fingerprint density at radius 3 is 2.74 bits per heavy atom. The maximum absolute atomic E-state index is 13.7. The van der Waals surface area contributed by atoms with Gasteiger partial charge in [0.15, 0.2) is 10.9 Å². The molecule has 0 spiro atoms. The molecule has 2 aliphatic heterocycles. The van der Waals surface area contributed by atoms with Gasteiger partial charge in [-0.2, -0.15) is 0 Å². The molecule has 0 N–H and O–H groups in total. The van der Waals surface area contributed by atoms with Crippen LogP contribution >= 0.6 is 11.8 Å². The van der Waals surface area contributed by atoms with Crippen LogP contribution in [-0.2, 0) is 20.8 Å². The molecule has 180 valence electrons. The number of thioether (sulfide) groups is 1. The van der Waals surface area contributed by atoms with Crippen molar-refractivity contribution in [1.29, 1.82) is 0 Å². The van der Waals surface area contributed by atoms with Crippen molar-refractivity contribution < 1.29 is 14.3 Å². The summed E-state index contributed by atoms with van der Waals surface area (Å²) >= 11 is 1.45. The lowest BCUT2D eigenvalue weighted by atomic mass is 10.1. The molecule has 2 aliphatic carbocycles. The van der Waals surface area contributed by atoms with Crippen LogP contribution in [-0.4, -0.2) is 29.2 Å². The van der Waals surface area contributed by atoms with Gasteiger partial charge in [-0.15, -0.1) is 0 Å². The van der Waals surface area contributed by atoms with Crippen LogP contribution < -0.4 is 0 Å². The van der Waals surface area contributed by atoms with Gasteiger partial charge in [0.25, 0.3) is 5.91 Å². The monoisotopic (exact) mass is 486 g/mol. The number of amidine groups is 1. The molecule has 6 heteroatoms. The van der Waals surface area contributed by atoms with Crippen molar-refractivity contribution >= 4 is 22.8 Å². The maximum Gasteiger partial charge on any atom is 0.271 e. The summed E-state index contributed by atoms with van der Waals surface area (Å²) in [6, 6.07) is 8.37. The van der Waals surface area contributed by atoms with Gasteiger partial charge in [-0.05, 0) is 74.2 Å². The first-order valence-corrected chi connectivity index (χ1v) is 13.0. The van der Waals surface area contributed by atoms with E-state index < -0.39 is 0 Å². The second-order valence-electron chi connectivity index (χ2n) is 9.04. The van der Waals surface area contributed by atoms with Crippen molar-refractivity contribution in [2.75, 3.05) is 13.2 Å². The van der Waals surface area contributed by atoms with Gasteiger partial charge in [-0.25, -0.2) is 0 Å². The molecule has 0 aromatic heterocycles. The number of hydrogen-bond donors (Lipinski definition) is 0. The molecular weight excluding hydrogens is 456 g/mol. The van der Waals surface area contributed by atoms with Gasteiger partial charge in [-0.1, -0.05) is 53.6 Å². The van der Waals surface area contributed by atoms with Crippen LogP contribution in [0, 0.1) is 6.92 Å². The summed E-state index contributed by atoms with van der Waals surface area (Å²) in [4.78, 5) is 21.0. The van der Waals surface area contributed by atoms with E-state index >= 15 is 0 Å². The van der Waals surface area contributed by atoms with Crippen LogP contribution in [0.1, 0.15) is 43.7 Å². The molecule has 5 rings (SSSR count). The minimum atomic E-state index is -0.0340. The van der Waals surface area contributed by atoms with Gasteiger partial charge in [0.1, 0.15) is 19.0 Å². The number of carbonyl (C=O) groups excluding carboxylic acids is 1. The number of aryl methyl sites for hydroxylation is 1. The molecule has 35 heavy (non-hydrogen) atoms. The molecule has 4 aliphatic rings. The van der Waals surface area contributed by atoms with Crippen LogP contribution in [0.3, 0.4) is 0 Å². The first kappa shape index (κ1) is 23.5. The number of rotatable bonds is 4. The normalized spacial score (nSPS) is 22.7. The summed E-state index contributed by atoms with van der Waals surface area (Å²) in [6.07, 6.45) is 15.8. The molecule has 1 amide bonds. The molecule has 0 bridgehead atoms. The van der Waals surface area contributed by atoms with Crippen LogP contribution in [0.4, 0.5) is 0 Å². The van der Waals surface area contributed by atoms with E-state index in [1.54, 1.807) is 4.90 Å². The maximum atomic E-state index is 13.7. The zero-order valence-corrected chi connectivity index (χ0v) is 21.1. The van der Waals surface area contributed by atoms with Crippen molar-refractivity contribution in [3.63, 3.8) is 0 Å². The van der Waals surface area contributed by atoms with E-state index in [0.29, 0.717) is 29.8 Å². The Hall–Kier alpha value is -3.25. The molecule has 0 unspecified atom stereocenters. The van der Waals surface area contributed by atoms with Crippen LogP contribution in [0.25, 0.3) is 0 Å². The fraction of sp³-hybridized carbons (Fsp3) is 0.310. The third-order valence-corrected chi connectivity index (χ3v) is 7.27. The van der Waals surface area contributed by atoms with Gasteiger partial charge >= 0.3 is 0 Å². The number of nitrogens with zero attached hydrogens (tertiary/aromatic N) is 2. The molecule has 1 fully saturated rings. The lowest BCUT2D eigenvalue weighted by molar-refractivity contribution is -0.120. The lowest BCUT2D eigenvalue weighted by Crippen LogP contribution is -2.28. The van der Waals surface area contributed by atoms with E-state index in [9.17, 15) is 4.79 Å². The lowest BCUT2D eigenvalue weighted by Gasteiger charge is -2.19. The highest BCUT2D eigenvalue weighted by molar-refractivity contribution is 8.18. The molecule has 1 aromatic carbocycles.